The van der Waals surface area contributed by atoms with E-state index >= 15 is 0 Å². The molecule has 0 unspecified atom stereocenters. The fourth-order valence-electron chi connectivity index (χ4n) is 2.40. The molecule has 7 heteroatoms. The van der Waals surface area contributed by atoms with Gasteiger partial charge in [0.15, 0.2) is 6.61 Å². The number of carboxylic acid groups (broad SMARTS) is 1. The second-order valence-corrected chi connectivity index (χ2v) is 7.83. The zero-order valence-corrected chi connectivity index (χ0v) is 16.8. The molecule has 2 amide bonds. The van der Waals surface area contributed by atoms with E-state index in [9.17, 15) is 14.4 Å². The Bertz CT molecular complexity index is 870. The highest BCUT2D eigenvalue weighted by Crippen LogP contribution is 2.14. The molecule has 29 heavy (non-hydrogen) atoms. The Kier molecular flexibility index (Phi) is 7.36. The minimum atomic E-state index is -1.06. The minimum Gasteiger partial charge on any atom is -0.482 e. The van der Waals surface area contributed by atoms with Crippen LogP contribution in [-0.4, -0.2) is 36.0 Å². The van der Waals surface area contributed by atoms with Gasteiger partial charge in [0.1, 0.15) is 5.75 Å². The number of aliphatic carboxylic acids is 1. The Morgan fingerprint density at radius 3 is 2.07 bits per heavy atom. The highest BCUT2D eigenvalue weighted by Gasteiger charge is 2.14. The van der Waals surface area contributed by atoms with Gasteiger partial charge in [0.25, 0.3) is 11.8 Å². The van der Waals surface area contributed by atoms with Crippen LogP contribution in [0.4, 0.5) is 0 Å². The quantitative estimate of drug-likeness (QED) is 0.634. The third-order valence-electron chi connectivity index (χ3n) is 3.90. The molecule has 0 bridgehead atoms. The number of carbonyl (C=O) groups is 3. The van der Waals surface area contributed by atoms with E-state index in [1.54, 1.807) is 48.5 Å². The largest absolute Gasteiger partial charge is 0.482 e. The van der Waals surface area contributed by atoms with Gasteiger partial charge < -0.3 is 20.5 Å². The van der Waals surface area contributed by atoms with Gasteiger partial charge in [0.2, 0.25) is 0 Å². The molecule has 0 radical (unpaired) electrons. The second kappa shape index (κ2) is 9.73. The van der Waals surface area contributed by atoms with Crippen LogP contribution in [0.2, 0.25) is 0 Å². The Balaban J connectivity index is 1.90. The summed E-state index contributed by atoms with van der Waals surface area (Å²) < 4.78 is 5.13. The molecule has 0 aliphatic heterocycles. The van der Waals surface area contributed by atoms with Crippen LogP contribution in [0.15, 0.2) is 48.5 Å². The Labute approximate surface area is 170 Å². The van der Waals surface area contributed by atoms with Gasteiger partial charge in [-0.15, -0.1) is 0 Å². The van der Waals surface area contributed by atoms with Crippen LogP contribution < -0.4 is 15.4 Å². The fourth-order valence-corrected chi connectivity index (χ4v) is 2.40. The number of rotatable bonds is 8. The third kappa shape index (κ3) is 7.65. The van der Waals surface area contributed by atoms with Crippen molar-refractivity contribution in [2.24, 2.45) is 5.41 Å². The smallest absolute Gasteiger partial charge is 0.341 e. The number of benzene rings is 2. The highest BCUT2D eigenvalue weighted by atomic mass is 16.5. The maximum atomic E-state index is 12.3. The molecular weight excluding hydrogens is 372 g/mol. The van der Waals surface area contributed by atoms with Crippen molar-refractivity contribution in [1.82, 2.24) is 10.6 Å². The number of hydrogen-bond donors (Lipinski definition) is 3. The molecule has 2 aromatic rings. The monoisotopic (exact) mass is 398 g/mol. The maximum Gasteiger partial charge on any atom is 0.341 e. The van der Waals surface area contributed by atoms with Crippen LogP contribution in [0.25, 0.3) is 0 Å². The standard InChI is InChI=1S/C22H26N2O5/c1-22(2,3)14-24-21(28)17-9-7-16(8-10-17)20(27)23-12-15-5-4-6-18(11-15)29-13-19(25)26/h4-11H,12-14H2,1-3H3,(H,23,27)(H,24,28)(H,25,26). The Morgan fingerprint density at radius 2 is 1.52 bits per heavy atom. The van der Waals surface area contributed by atoms with E-state index in [2.05, 4.69) is 10.6 Å². The summed E-state index contributed by atoms with van der Waals surface area (Å²) in [4.78, 5) is 35.1. The first-order valence-corrected chi connectivity index (χ1v) is 9.24. The molecule has 0 spiro atoms. The van der Waals surface area contributed by atoms with E-state index in [1.165, 1.54) is 0 Å². The average molecular weight is 398 g/mol. The molecule has 0 saturated heterocycles. The summed E-state index contributed by atoms with van der Waals surface area (Å²) in [6, 6.07) is 13.3. The summed E-state index contributed by atoms with van der Waals surface area (Å²) >= 11 is 0. The molecule has 0 fully saturated rings. The third-order valence-corrected chi connectivity index (χ3v) is 3.90. The van der Waals surface area contributed by atoms with E-state index in [1.807, 2.05) is 20.8 Å². The summed E-state index contributed by atoms with van der Waals surface area (Å²) in [6.45, 7) is 6.50. The molecule has 7 nitrogen and oxygen atoms in total. The Morgan fingerprint density at radius 1 is 0.931 bits per heavy atom. The first-order chi connectivity index (χ1) is 13.6. The first kappa shape index (κ1) is 21.9. The van der Waals surface area contributed by atoms with Crippen molar-refractivity contribution >= 4 is 17.8 Å². The van der Waals surface area contributed by atoms with Gasteiger partial charge in [-0.2, -0.15) is 0 Å². The molecule has 154 valence electrons. The first-order valence-electron chi connectivity index (χ1n) is 9.24. The molecule has 0 atom stereocenters. The van der Waals surface area contributed by atoms with Crippen LogP contribution in [0.3, 0.4) is 0 Å². The van der Waals surface area contributed by atoms with Crippen molar-refractivity contribution < 1.29 is 24.2 Å². The molecular formula is C22H26N2O5. The molecule has 0 saturated carbocycles. The Hall–Kier alpha value is -3.35. The van der Waals surface area contributed by atoms with Crippen LogP contribution in [-0.2, 0) is 11.3 Å². The molecule has 2 rings (SSSR count). The molecule has 0 aromatic heterocycles. The second-order valence-electron chi connectivity index (χ2n) is 7.83. The summed E-state index contributed by atoms with van der Waals surface area (Å²) in [5.41, 5.74) is 1.70. The van der Waals surface area contributed by atoms with Gasteiger partial charge >= 0.3 is 5.97 Å². The lowest BCUT2D eigenvalue weighted by atomic mass is 9.97. The van der Waals surface area contributed by atoms with Crippen LogP contribution in [0.1, 0.15) is 47.1 Å². The van der Waals surface area contributed by atoms with Crippen molar-refractivity contribution in [1.29, 1.82) is 0 Å². The fraction of sp³-hybridized carbons (Fsp3) is 0.318. The number of carboxylic acids is 1. The molecule has 0 aliphatic rings. The van der Waals surface area contributed by atoms with E-state index in [-0.39, 0.29) is 23.8 Å². The van der Waals surface area contributed by atoms with Gasteiger partial charge in [0.05, 0.1) is 0 Å². The van der Waals surface area contributed by atoms with E-state index < -0.39 is 12.6 Å². The number of hydrogen-bond acceptors (Lipinski definition) is 4. The van der Waals surface area contributed by atoms with Crippen LogP contribution in [0.5, 0.6) is 5.75 Å². The van der Waals surface area contributed by atoms with Crippen molar-refractivity contribution in [2.45, 2.75) is 27.3 Å². The normalized spacial score (nSPS) is 10.9. The van der Waals surface area contributed by atoms with Gasteiger partial charge in [-0.3, -0.25) is 9.59 Å². The number of amides is 2. The maximum absolute atomic E-state index is 12.3. The summed E-state index contributed by atoms with van der Waals surface area (Å²) in [5, 5.41) is 14.3. The number of carbonyl (C=O) groups excluding carboxylic acids is 2. The lowest BCUT2D eigenvalue weighted by molar-refractivity contribution is -0.139. The molecule has 0 heterocycles. The van der Waals surface area contributed by atoms with Crippen molar-refractivity contribution in [3.8, 4) is 5.75 Å². The topological polar surface area (TPSA) is 105 Å². The van der Waals surface area contributed by atoms with E-state index in [0.29, 0.717) is 23.4 Å². The SMILES string of the molecule is CC(C)(C)CNC(=O)c1ccc(C(=O)NCc2cccc(OCC(=O)O)c2)cc1. The summed E-state index contributed by atoms with van der Waals surface area (Å²) in [5.74, 6) is -1.09. The summed E-state index contributed by atoms with van der Waals surface area (Å²) in [7, 11) is 0. The van der Waals surface area contributed by atoms with Crippen molar-refractivity contribution in [3.63, 3.8) is 0 Å². The van der Waals surface area contributed by atoms with Crippen molar-refractivity contribution in [2.75, 3.05) is 13.2 Å². The van der Waals surface area contributed by atoms with E-state index in [4.69, 9.17) is 9.84 Å². The molecule has 3 N–H and O–H groups in total. The van der Waals surface area contributed by atoms with Gasteiger partial charge in [-0.1, -0.05) is 32.9 Å². The van der Waals surface area contributed by atoms with Gasteiger partial charge in [-0.05, 0) is 47.4 Å². The number of ether oxygens (including phenoxy) is 1. The van der Waals surface area contributed by atoms with Crippen LogP contribution >= 0.6 is 0 Å². The summed E-state index contributed by atoms with van der Waals surface area (Å²) in [6.07, 6.45) is 0. The predicted octanol–water partition coefficient (Wildman–Crippen LogP) is 2.86. The zero-order chi connectivity index (χ0) is 21.4. The predicted molar refractivity (Wildman–Crippen MR) is 109 cm³/mol. The number of nitrogens with one attached hydrogen (secondary N) is 2. The van der Waals surface area contributed by atoms with Crippen molar-refractivity contribution in [3.05, 3.63) is 65.2 Å². The average Bonchev–Trinajstić information content (AvgIpc) is 2.68. The van der Waals surface area contributed by atoms with Gasteiger partial charge in [0, 0.05) is 24.2 Å². The van der Waals surface area contributed by atoms with Gasteiger partial charge in [-0.25, -0.2) is 4.79 Å². The van der Waals surface area contributed by atoms with Crippen LogP contribution in [0, 0.1) is 5.41 Å². The van der Waals surface area contributed by atoms with E-state index in [0.717, 1.165) is 5.56 Å². The minimum absolute atomic E-state index is 0.00848. The highest BCUT2D eigenvalue weighted by molar-refractivity contribution is 5.97. The lowest BCUT2D eigenvalue weighted by Crippen LogP contribution is -2.32. The molecule has 2 aromatic carbocycles. The lowest BCUT2D eigenvalue weighted by Gasteiger charge is -2.18. The zero-order valence-electron chi connectivity index (χ0n) is 16.8. The molecule has 0 aliphatic carbocycles.